The fraction of sp³-hybridized carbons (Fsp3) is 0.150. The zero-order valence-electron chi connectivity index (χ0n) is 15.8. The molecular weight excluding hydrogens is 448 g/mol. The van der Waals surface area contributed by atoms with E-state index in [1.54, 1.807) is 10.6 Å². The second kappa shape index (κ2) is 8.19. The van der Waals surface area contributed by atoms with E-state index in [4.69, 9.17) is 11.6 Å². The summed E-state index contributed by atoms with van der Waals surface area (Å²) in [6.07, 6.45) is 8.09. The van der Waals surface area contributed by atoms with Gasteiger partial charge in [0.05, 0.1) is 28.5 Å². The Labute approximate surface area is 181 Å². The highest BCUT2D eigenvalue weighted by Crippen LogP contribution is 2.37. The molecule has 0 bridgehead atoms. The highest BCUT2D eigenvalue weighted by molar-refractivity contribution is 7.89. The van der Waals surface area contributed by atoms with Gasteiger partial charge >= 0.3 is 0 Å². The normalized spacial score (nSPS) is 13.3. The van der Waals surface area contributed by atoms with Crippen LogP contribution in [0.1, 0.15) is 5.56 Å². The van der Waals surface area contributed by atoms with Gasteiger partial charge in [-0.05, 0) is 24.3 Å². The first kappa shape index (κ1) is 21.1. The number of sulfonamides is 1. The molecule has 158 valence electrons. The number of fused-ring (bicyclic) bond motifs is 1. The van der Waals surface area contributed by atoms with Gasteiger partial charge in [-0.15, -0.1) is 0 Å². The molecule has 0 amide bonds. The lowest BCUT2D eigenvalue weighted by atomic mass is 10.1. The highest BCUT2D eigenvalue weighted by atomic mass is 35.5. The van der Waals surface area contributed by atoms with Gasteiger partial charge in [-0.25, -0.2) is 26.9 Å². The average molecular weight is 462 g/mol. The van der Waals surface area contributed by atoms with E-state index in [2.05, 4.69) is 16.0 Å². The van der Waals surface area contributed by atoms with Crippen molar-refractivity contribution in [3.63, 3.8) is 0 Å². The summed E-state index contributed by atoms with van der Waals surface area (Å²) < 4.78 is 53.9. The van der Waals surface area contributed by atoms with Gasteiger partial charge in [-0.1, -0.05) is 17.7 Å². The topological polar surface area (TPSA) is 101 Å². The van der Waals surface area contributed by atoms with E-state index in [-0.39, 0.29) is 10.0 Å². The predicted molar refractivity (Wildman–Crippen MR) is 112 cm³/mol. The Morgan fingerprint density at radius 1 is 1.23 bits per heavy atom. The molecule has 3 aromatic rings. The largest absolute Gasteiger partial charge is 0.306 e. The minimum Gasteiger partial charge on any atom is -0.306 e. The first-order valence-corrected chi connectivity index (χ1v) is 10.8. The van der Waals surface area contributed by atoms with Crippen LogP contribution in [0.5, 0.6) is 0 Å². The van der Waals surface area contributed by atoms with E-state index in [0.29, 0.717) is 27.9 Å². The van der Waals surface area contributed by atoms with E-state index in [1.807, 2.05) is 23.0 Å². The van der Waals surface area contributed by atoms with Gasteiger partial charge in [-0.2, -0.15) is 5.26 Å². The minimum absolute atomic E-state index is 0.252. The molecule has 1 N–H and O–H groups in total. The van der Waals surface area contributed by atoms with Crippen molar-refractivity contribution in [2.24, 2.45) is 0 Å². The Morgan fingerprint density at radius 3 is 2.52 bits per heavy atom. The molecule has 0 saturated carbocycles. The molecule has 3 heterocycles. The quantitative estimate of drug-likeness (QED) is 0.541. The number of alkyl halides is 2. The van der Waals surface area contributed by atoms with Crippen molar-refractivity contribution in [3.8, 4) is 17.5 Å². The zero-order chi connectivity index (χ0) is 22.2. The molecule has 4 rings (SSSR count). The maximum Gasteiger partial charge on any atom is 0.242 e. The van der Waals surface area contributed by atoms with Gasteiger partial charge in [0.1, 0.15) is 29.5 Å². The fourth-order valence-corrected chi connectivity index (χ4v) is 4.48. The molecule has 0 unspecified atom stereocenters. The summed E-state index contributed by atoms with van der Waals surface area (Å²) in [6.45, 7) is -2.35. The Balaban J connectivity index is 1.84. The summed E-state index contributed by atoms with van der Waals surface area (Å²) in [5.74, 6) is 0. The third-order valence-electron chi connectivity index (χ3n) is 4.71. The van der Waals surface area contributed by atoms with Crippen LogP contribution >= 0.6 is 11.6 Å². The molecular formula is C20H14ClF2N5O2S. The minimum atomic E-state index is -4.16. The van der Waals surface area contributed by atoms with Crippen molar-refractivity contribution in [3.05, 3.63) is 59.5 Å². The molecule has 0 fully saturated rings. The highest BCUT2D eigenvalue weighted by Gasteiger charge is 2.24. The van der Waals surface area contributed by atoms with Crippen molar-refractivity contribution in [2.75, 3.05) is 13.3 Å². The number of nitrogens with zero attached hydrogens (tertiary/aromatic N) is 4. The summed E-state index contributed by atoms with van der Waals surface area (Å²) in [5.41, 5.74) is 2.52. The van der Waals surface area contributed by atoms with Gasteiger partial charge in [0.2, 0.25) is 10.0 Å². The third-order valence-corrected chi connectivity index (χ3v) is 6.42. The Morgan fingerprint density at radius 2 is 1.97 bits per heavy atom. The Bertz CT molecular complexity index is 1370. The Kier molecular flexibility index (Phi) is 5.58. The van der Waals surface area contributed by atoms with Gasteiger partial charge in [0.25, 0.3) is 0 Å². The van der Waals surface area contributed by atoms with E-state index >= 15 is 0 Å². The smallest absolute Gasteiger partial charge is 0.242 e. The number of halogens is 3. The van der Waals surface area contributed by atoms with Gasteiger partial charge in [-0.3, -0.25) is 4.98 Å². The fourth-order valence-electron chi connectivity index (χ4n) is 3.18. The number of rotatable bonds is 7. The summed E-state index contributed by atoms with van der Waals surface area (Å²) >= 11 is 6.06. The van der Waals surface area contributed by atoms with Crippen molar-refractivity contribution >= 4 is 38.2 Å². The summed E-state index contributed by atoms with van der Waals surface area (Å²) in [7, 11) is -4.16. The van der Waals surface area contributed by atoms with Crippen LogP contribution < -0.4 is 4.72 Å². The first-order chi connectivity index (χ1) is 14.9. The molecule has 31 heavy (non-hydrogen) atoms. The van der Waals surface area contributed by atoms with Gasteiger partial charge in [0.15, 0.2) is 0 Å². The Hall–Kier alpha value is -3.13. The third kappa shape index (κ3) is 3.72. The SMILES string of the molecule is N#Cc1c(-c2ccc(S(=O)(=O)NC(CF)CF)cn2)n(C2=CC=C2)c2cc(Cl)ncc12. The maximum atomic E-state index is 12.7. The number of allylic oxidation sites excluding steroid dienone is 4. The molecule has 11 heteroatoms. The molecule has 0 spiro atoms. The second-order valence-electron chi connectivity index (χ2n) is 6.65. The van der Waals surface area contributed by atoms with Gasteiger partial charge in [0, 0.05) is 29.5 Å². The first-order valence-electron chi connectivity index (χ1n) is 8.99. The van der Waals surface area contributed by atoms with E-state index in [0.717, 1.165) is 11.9 Å². The van der Waals surface area contributed by atoms with Crippen LogP contribution in [0, 0.1) is 11.3 Å². The number of pyridine rings is 2. The van der Waals surface area contributed by atoms with Crippen LogP contribution in [-0.2, 0) is 10.0 Å². The maximum absolute atomic E-state index is 12.7. The monoisotopic (exact) mass is 461 g/mol. The summed E-state index contributed by atoms with van der Waals surface area (Å²) in [4.78, 5) is 8.02. The second-order valence-corrected chi connectivity index (χ2v) is 8.75. The lowest BCUT2D eigenvalue weighted by molar-refractivity contribution is 0.334. The van der Waals surface area contributed by atoms with Crippen LogP contribution in [0.2, 0.25) is 5.15 Å². The van der Waals surface area contributed by atoms with Crippen molar-refractivity contribution < 1.29 is 17.2 Å². The molecule has 7 nitrogen and oxygen atoms in total. The molecule has 0 saturated heterocycles. The molecule has 0 aliphatic heterocycles. The molecule has 3 aromatic heterocycles. The average Bonchev–Trinajstić information content (AvgIpc) is 3.04. The summed E-state index contributed by atoms with van der Waals surface area (Å²) in [5, 5.41) is 10.6. The van der Waals surface area contributed by atoms with Crippen LogP contribution in [-0.4, -0.2) is 42.3 Å². The number of hydrogen-bond acceptors (Lipinski definition) is 5. The number of aromatic nitrogens is 3. The zero-order valence-corrected chi connectivity index (χ0v) is 17.3. The standard InChI is InChI=1S/C20H14ClF2N5O2S/c21-19-6-18-16(11-26-19)15(9-24)20(28(18)13-2-1-3-13)17-5-4-14(10-25-17)31(29,30)27-12(7-22)8-23/h1-6,10-12,27H,7-8H2. The lowest BCUT2D eigenvalue weighted by Crippen LogP contribution is -2.37. The number of nitrogens with one attached hydrogen (secondary N) is 1. The molecule has 0 aromatic carbocycles. The lowest BCUT2D eigenvalue weighted by Gasteiger charge is -2.15. The predicted octanol–water partition coefficient (Wildman–Crippen LogP) is 3.62. The number of nitriles is 1. The molecule has 1 aliphatic rings. The van der Waals surface area contributed by atoms with Crippen molar-refractivity contribution in [1.82, 2.24) is 19.3 Å². The molecule has 1 aliphatic carbocycles. The van der Waals surface area contributed by atoms with Crippen LogP contribution in [0.4, 0.5) is 8.78 Å². The van der Waals surface area contributed by atoms with E-state index in [1.165, 1.54) is 18.3 Å². The van der Waals surface area contributed by atoms with Crippen LogP contribution in [0.15, 0.2) is 53.7 Å². The van der Waals surface area contributed by atoms with Crippen molar-refractivity contribution in [1.29, 1.82) is 5.26 Å². The van der Waals surface area contributed by atoms with Crippen LogP contribution in [0.25, 0.3) is 28.0 Å². The summed E-state index contributed by atoms with van der Waals surface area (Å²) in [6, 6.07) is 5.01. The molecule has 0 atom stereocenters. The number of hydrogen-bond donors (Lipinski definition) is 1. The van der Waals surface area contributed by atoms with Gasteiger partial charge < -0.3 is 4.57 Å². The van der Waals surface area contributed by atoms with Crippen LogP contribution in [0.3, 0.4) is 0 Å². The molecule has 0 radical (unpaired) electrons. The van der Waals surface area contributed by atoms with Crippen molar-refractivity contribution in [2.45, 2.75) is 10.9 Å². The van der Waals surface area contributed by atoms with E-state index in [9.17, 15) is 22.5 Å². The van der Waals surface area contributed by atoms with E-state index < -0.39 is 29.4 Å².